The van der Waals surface area contributed by atoms with Crippen molar-refractivity contribution < 1.29 is 19.5 Å². The van der Waals surface area contributed by atoms with Crippen molar-refractivity contribution in [2.24, 2.45) is 0 Å². The maximum atomic E-state index is 12.6. The standard InChI is InChI=1S/C15H15Cl2N3O4/c16-9-3-8(4-10(17)5-9)14(23)19-1-2-20-12(6-19)13(22)18-11(7-21)15(20)24/h3-5,11-12,21H,1-2,6-7H2,(H,18,22)/t11-,12-/m1/s1. The van der Waals surface area contributed by atoms with Crippen LogP contribution in [0, 0.1) is 0 Å². The van der Waals surface area contributed by atoms with E-state index < -0.39 is 18.7 Å². The lowest BCUT2D eigenvalue weighted by atomic mass is 10.0. The van der Waals surface area contributed by atoms with Crippen molar-refractivity contribution in [1.29, 1.82) is 0 Å². The summed E-state index contributed by atoms with van der Waals surface area (Å²) in [6.07, 6.45) is 0. The Bertz CT molecular complexity index is 692. The van der Waals surface area contributed by atoms with E-state index in [4.69, 9.17) is 28.3 Å². The van der Waals surface area contributed by atoms with Crippen LogP contribution in [0.2, 0.25) is 10.0 Å². The number of hydrogen-bond donors (Lipinski definition) is 2. The molecule has 2 saturated heterocycles. The highest BCUT2D eigenvalue weighted by Gasteiger charge is 2.44. The maximum Gasteiger partial charge on any atom is 0.254 e. The number of nitrogens with zero attached hydrogens (tertiary/aromatic N) is 2. The third kappa shape index (κ3) is 3.07. The zero-order valence-electron chi connectivity index (χ0n) is 12.5. The Morgan fingerprint density at radius 3 is 2.50 bits per heavy atom. The molecule has 9 heteroatoms. The normalized spacial score (nSPS) is 23.8. The number of carbonyl (C=O) groups excluding carboxylic acids is 3. The summed E-state index contributed by atoms with van der Waals surface area (Å²) in [5.41, 5.74) is 0.330. The third-order valence-corrected chi connectivity index (χ3v) is 4.60. The number of nitrogens with one attached hydrogen (secondary N) is 1. The second kappa shape index (κ2) is 6.58. The quantitative estimate of drug-likeness (QED) is 0.773. The first-order valence-electron chi connectivity index (χ1n) is 7.38. The first-order chi connectivity index (χ1) is 11.4. The van der Waals surface area contributed by atoms with Crippen molar-refractivity contribution in [2.75, 3.05) is 26.2 Å². The smallest absolute Gasteiger partial charge is 0.254 e. The number of rotatable bonds is 2. The maximum absolute atomic E-state index is 12.6. The van der Waals surface area contributed by atoms with Gasteiger partial charge in [0.2, 0.25) is 11.8 Å². The number of benzene rings is 1. The van der Waals surface area contributed by atoms with Crippen LogP contribution >= 0.6 is 23.2 Å². The van der Waals surface area contributed by atoms with E-state index in [0.717, 1.165) is 0 Å². The lowest BCUT2D eigenvalue weighted by Crippen LogP contribution is -2.70. The van der Waals surface area contributed by atoms with Crippen LogP contribution in [-0.4, -0.2) is 71.0 Å². The van der Waals surface area contributed by atoms with Crippen LogP contribution in [0.5, 0.6) is 0 Å². The molecule has 2 aliphatic rings. The first kappa shape index (κ1) is 17.0. The van der Waals surface area contributed by atoms with E-state index in [1.165, 1.54) is 28.0 Å². The van der Waals surface area contributed by atoms with Gasteiger partial charge in [0.15, 0.2) is 0 Å². The predicted octanol–water partition coefficient (Wildman–Crippen LogP) is 0.137. The van der Waals surface area contributed by atoms with Gasteiger partial charge in [0.05, 0.1) is 13.2 Å². The summed E-state index contributed by atoms with van der Waals surface area (Å²) in [6.45, 7) is 0.153. The van der Waals surface area contributed by atoms with Crippen LogP contribution in [0.3, 0.4) is 0 Å². The average molecular weight is 372 g/mol. The van der Waals surface area contributed by atoms with Crippen LogP contribution in [0.25, 0.3) is 0 Å². The molecule has 0 aromatic heterocycles. The number of piperazine rings is 2. The highest BCUT2D eigenvalue weighted by atomic mass is 35.5. The molecule has 0 unspecified atom stereocenters. The highest BCUT2D eigenvalue weighted by molar-refractivity contribution is 6.35. The van der Waals surface area contributed by atoms with Crippen LogP contribution in [-0.2, 0) is 9.59 Å². The molecule has 0 aliphatic carbocycles. The number of amides is 3. The molecular weight excluding hydrogens is 357 g/mol. The van der Waals surface area contributed by atoms with E-state index >= 15 is 0 Å². The van der Waals surface area contributed by atoms with E-state index in [9.17, 15) is 14.4 Å². The minimum absolute atomic E-state index is 0.0820. The summed E-state index contributed by atoms with van der Waals surface area (Å²) < 4.78 is 0. The summed E-state index contributed by atoms with van der Waals surface area (Å²) >= 11 is 11.8. The van der Waals surface area contributed by atoms with Crippen molar-refractivity contribution in [1.82, 2.24) is 15.1 Å². The van der Waals surface area contributed by atoms with E-state index in [1.54, 1.807) is 0 Å². The molecule has 2 atom stereocenters. The molecule has 0 radical (unpaired) electrons. The number of hydrogen-bond acceptors (Lipinski definition) is 4. The zero-order valence-corrected chi connectivity index (χ0v) is 14.0. The van der Waals surface area contributed by atoms with Crippen molar-refractivity contribution >= 4 is 40.9 Å². The van der Waals surface area contributed by atoms with Gasteiger partial charge < -0.3 is 20.2 Å². The van der Waals surface area contributed by atoms with E-state index in [0.29, 0.717) is 15.6 Å². The fraction of sp³-hybridized carbons (Fsp3) is 0.400. The Hall–Kier alpha value is -1.83. The van der Waals surface area contributed by atoms with Gasteiger partial charge in [-0.05, 0) is 18.2 Å². The number of aliphatic hydroxyl groups is 1. The average Bonchev–Trinajstić information content (AvgIpc) is 2.56. The second-order valence-electron chi connectivity index (χ2n) is 5.70. The van der Waals surface area contributed by atoms with Crippen molar-refractivity contribution in [3.8, 4) is 0 Å². The summed E-state index contributed by atoms with van der Waals surface area (Å²) in [5, 5.41) is 12.3. The Kier molecular flexibility index (Phi) is 4.67. The number of carbonyl (C=O) groups is 3. The molecule has 1 aromatic carbocycles. The minimum atomic E-state index is -0.914. The monoisotopic (exact) mass is 371 g/mol. The lowest BCUT2D eigenvalue weighted by Gasteiger charge is -2.44. The van der Waals surface area contributed by atoms with Gasteiger partial charge in [0, 0.05) is 28.7 Å². The number of halogens is 2. The molecule has 7 nitrogen and oxygen atoms in total. The molecule has 3 amide bonds. The van der Waals surface area contributed by atoms with Gasteiger partial charge in [0.1, 0.15) is 12.1 Å². The SMILES string of the molecule is O=C1N[C@H](CO)C(=O)N2CCN(C(=O)c3cc(Cl)cc(Cl)c3)C[C@H]12. The first-order valence-corrected chi connectivity index (χ1v) is 8.13. The van der Waals surface area contributed by atoms with Crippen molar-refractivity contribution in [3.05, 3.63) is 33.8 Å². The van der Waals surface area contributed by atoms with Gasteiger partial charge in [-0.3, -0.25) is 14.4 Å². The van der Waals surface area contributed by atoms with Gasteiger partial charge in [-0.25, -0.2) is 0 Å². The molecule has 128 valence electrons. The van der Waals surface area contributed by atoms with Crippen LogP contribution in [0.1, 0.15) is 10.4 Å². The van der Waals surface area contributed by atoms with E-state index in [-0.39, 0.29) is 37.4 Å². The molecule has 1 aromatic rings. The molecular formula is C15H15Cl2N3O4. The molecule has 2 heterocycles. The predicted molar refractivity (Wildman–Crippen MR) is 86.9 cm³/mol. The molecule has 0 spiro atoms. The van der Waals surface area contributed by atoms with Gasteiger partial charge in [-0.15, -0.1) is 0 Å². The topological polar surface area (TPSA) is 89.9 Å². The van der Waals surface area contributed by atoms with E-state index in [2.05, 4.69) is 5.32 Å². The van der Waals surface area contributed by atoms with Crippen LogP contribution < -0.4 is 5.32 Å². The second-order valence-corrected chi connectivity index (χ2v) is 6.57. The molecule has 2 N–H and O–H groups in total. The van der Waals surface area contributed by atoms with Gasteiger partial charge in [-0.2, -0.15) is 0 Å². The Morgan fingerprint density at radius 1 is 1.21 bits per heavy atom. The number of fused-ring (bicyclic) bond motifs is 1. The molecule has 0 saturated carbocycles. The fourth-order valence-corrected chi connectivity index (χ4v) is 3.50. The molecule has 3 rings (SSSR count). The van der Waals surface area contributed by atoms with Crippen LogP contribution in [0.15, 0.2) is 18.2 Å². The Labute approximate surface area is 148 Å². The van der Waals surface area contributed by atoms with Crippen molar-refractivity contribution in [3.63, 3.8) is 0 Å². The summed E-state index contributed by atoms with van der Waals surface area (Å²) in [7, 11) is 0. The number of aliphatic hydroxyl groups excluding tert-OH is 1. The molecule has 0 bridgehead atoms. The molecule has 24 heavy (non-hydrogen) atoms. The fourth-order valence-electron chi connectivity index (χ4n) is 2.97. The molecule has 2 aliphatic heterocycles. The largest absolute Gasteiger partial charge is 0.394 e. The Balaban J connectivity index is 1.78. The van der Waals surface area contributed by atoms with Gasteiger partial charge in [0.25, 0.3) is 5.91 Å². The van der Waals surface area contributed by atoms with Gasteiger partial charge >= 0.3 is 0 Å². The summed E-state index contributed by atoms with van der Waals surface area (Å²) in [5.74, 6) is -1.01. The summed E-state index contributed by atoms with van der Waals surface area (Å²) in [6, 6.07) is 2.88. The Morgan fingerprint density at radius 2 is 1.88 bits per heavy atom. The zero-order chi connectivity index (χ0) is 17.4. The third-order valence-electron chi connectivity index (χ3n) is 4.16. The van der Waals surface area contributed by atoms with Gasteiger partial charge in [-0.1, -0.05) is 23.2 Å². The molecule has 2 fully saturated rings. The van der Waals surface area contributed by atoms with Crippen molar-refractivity contribution in [2.45, 2.75) is 12.1 Å². The van der Waals surface area contributed by atoms with Crippen LogP contribution in [0.4, 0.5) is 0 Å². The minimum Gasteiger partial charge on any atom is -0.394 e. The highest BCUT2D eigenvalue weighted by Crippen LogP contribution is 2.22. The lowest BCUT2D eigenvalue weighted by molar-refractivity contribution is -0.153. The summed E-state index contributed by atoms with van der Waals surface area (Å²) in [4.78, 5) is 39.9. The van der Waals surface area contributed by atoms with E-state index in [1.807, 2.05) is 0 Å².